The van der Waals surface area contributed by atoms with Crippen LogP contribution in [-0.4, -0.2) is 33.4 Å². The van der Waals surface area contributed by atoms with Crippen molar-refractivity contribution in [3.8, 4) is 0 Å². The second kappa shape index (κ2) is 6.83. The number of carbonyl (C=O) groups is 2. The third kappa shape index (κ3) is 3.59. The number of ether oxygens (including phenoxy) is 1. The Hall–Kier alpha value is -3.81. The fraction of sp³-hybridized carbons (Fsp3) is 0.105. The van der Waals surface area contributed by atoms with Crippen LogP contribution < -0.4 is 11.0 Å². The van der Waals surface area contributed by atoms with Gasteiger partial charge in [0.2, 0.25) is 0 Å². The number of aromatic amines is 3. The highest BCUT2D eigenvalue weighted by molar-refractivity contribution is 5.95. The van der Waals surface area contributed by atoms with Crippen molar-refractivity contribution in [2.24, 2.45) is 0 Å². The van der Waals surface area contributed by atoms with E-state index in [1.165, 1.54) is 0 Å². The summed E-state index contributed by atoms with van der Waals surface area (Å²) in [6.45, 7) is -0.386. The van der Waals surface area contributed by atoms with Gasteiger partial charge in [-0.15, -0.1) is 0 Å². The Bertz CT molecular complexity index is 1200. The molecule has 0 saturated carbocycles. The molecule has 0 aliphatic carbocycles. The monoisotopic (exact) mass is 364 g/mol. The molecule has 8 nitrogen and oxygen atoms in total. The standard InChI is InChI=1S/C19H16N4O4/c24-17(21-12-5-6-15-16(8-12)23-19(26)22-15)10-27-18(25)7-11-9-20-14-4-2-1-3-13(11)14/h1-6,8-9,20H,7,10H2,(H,21,24)(H2,22,23,26). The zero-order valence-electron chi connectivity index (χ0n) is 14.2. The number of fused-ring (bicyclic) bond motifs is 2. The molecule has 0 aliphatic heterocycles. The largest absolute Gasteiger partial charge is 0.455 e. The summed E-state index contributed by atoms with van der Waals surface area (Å²) in [5.41, 5.74) is 3.15. The second-order valence-corrected chi connectivity index (χ2v) is 6.08. The van der Waals surface area contributed by atoms with Crippen molar-refractivity contribution in [2.75, 3.05) is 11.9 Å². The first-order valence-corrected chi connectivity index (χ1v) is 8.31. The summed E-state index contributed by atoms with van der Waals surface area (Å²) in [6, 6.07) is 12.6. The maximum atomic E-state index is 12.0. The van der Waals surface area contributed by atoms with Gasteiger partial charge in [0.05, 0.1) is 17.5 Å². The van der Waals surface area contributed by atoms with E-state index in [-0.39, 0.29) is 18.7 Å². The van der Waals surface area contributed by atoms with E-state index in [0.717, 1.165) is 16.5 Å². The molecule has 2 aromatic carbocycles. The predicted octanol–water partition coefficient (Wildman–Crippen LogP) is 2.06. The fourth-order valence-electron chi connectivity index (χ4n) is 2.94. The molecule has 0 bridgehead atoms. The lowest BCUT2D eigenvalue weighted by molar-refractivity contribution is -0.146. The van der Waals surface area contributed by atoms with Crippen LogP contribution in [-0.2, 0) is 20.7 Å². The molecule has 27 heavy (non-hydrogen) atoms. The molecule has 4 rings (SSSR count). The Morgan fingerprint density at radius 2 is 1.81 bits per heavy atom. The van der Waals surface area contributed by atoms with Crippen molar-refractivity contribution in [3.63, 3.8) is 0 Å². The van der Waals surface area contributed by atoms with Crippen LogP contribution in [0.3, 0.4) is 0 Å². The number of anilines is 1. The van der Waals surface area contributed by atoms with Crippen LogP contribution in [0, 0.1) is 0 Å². The Morgan fingerprint density at radius 3 is 2.70 bits per heavy atom. The van der Waals surface area contributed by atoms with Crippen LogP contribution in [0.25, 0.3) is 21.9 Å². The van der Waals surface area contributed by atoms with Crippen LogP contribution in [0.15, 0.2) is 53.5 Å². The number of amides is 1. The number of nitrogens with one attached hydrogen (secondary N) is 4. The van der Waals surface area contributed by atoms with Gasteiger partial charge in [-0.2, -0.15) is 0 Å². The minimum atomic E-state index is -0.486. The van der Waals surface area contributed by atoms with Gasteiger partial charge in [-0.3, -0.25) is 9.59 Å². The smallest absolute Gasteiger partial charge is 0.323 e. The van der Waals surface area contributed by atoms with E-state index in [2.05, 4.69) is 20.3 Å². The Balaban J connectivity index is 1.34. The molecule has 2 aromatic heterocycles. The molecule has 8 heteroatoms. The van der Waals surface area contributed by atoms with Gasteiger partial charge < -0.3 is 25.0 Å². The van der Waals surface area contributed by atoms with Gasteiger partial charge in [0, 0.05) is 22.8 Å². The Labute approximate surface area is 152 Å². The minimum absolute atomic E-state index is 0.0772. The van der Waals surface area contributed by atoms with E-state index < -0.39 is 11.9 Å². The molecule has 0 aliphatic rings. The zero-order chi connectivity index (χ0) is 18.8. The first-order chi connectivity index (χ1) is 13.1. The van der Waals surface area contributed by atoms with Crippen LogP contribution in [0.5, 0.6) is 0 Å². The van der Waals surface area contributed by atoms with Gasteiger partial charge in [0.25, 0.3) is 5.91 Å². The molecular formula is C19H16N4O4. The second-order valence-electron chi connectivity index (χ2n) is 6.08. The topological polar surface area (TPSA) is 120 Å². The molecule has 4 N–H and O–H groups in total. The first kappa shape index (κ1) is 16.6. The van der Waals surface area contributed by atoms with E-state index in [0.29, 0.717) is 16.7 Å². The fourth-order valence-corrected chi connectivity index (χ4v) is 2.94. The van der Waals surface area contributed by atoms with E-state index >= 15 is 0 Å². The summed E-state index contributed by atoms with van der Waals surface area (Å²) in [4.78, 5) is 43.6. The lowest BCUT2D eigenvalue weighted by Gasteiger charge is -2.06. The number of esters is 1. The molecule has 0 atom stereocenters. The number of imidazole rings is 1. The van der Waals surface area contributed by atoms with Crippen LogP contribution in [0.4, 0.5) is 5.69 Å². The molecule has 136 valence electrons. The third-order valence-electron chi connectivity index (χ3n) is 4.17. The highest BCUT2D eigenvalue weighted by atomic mass is 16.5. The molecule has 0 radical (unpaired) electrons. The summed E-state index contributed by atoms with van der Waals surface area (Å²) in [5.74, 6) is -0.945. The number of benzene rings is 2. The van der Waals surface area contributed by atoms with Gasteiger partial charge in [-0.25, -0.2) is 4.79 Å². The minimum Gasteiger partial charge on any atom is -0.455 e. The van der Waals surface area contributed by atoms with Crippen LogP contribution >= 0.6 is 0 Å². The quantitative estimate of drug-likeness (QED) is 0.405. The number of hydrogen-bond acceptors (Lipinski definition) is 4. The number of rotatable bonds is 5. The van der Waals surface area contributed by atoms with Crippen molar-refractivity contribution < 1.29 is 14.3 Å². The summed E-state index contributed by atoms with van der Waals surface area (Å²) in [7, 11) is 0. The Kier molecular flexibility index (Phi) is 4.21. The van der Waals surface area contributed by atoms with Gasteiger partial charge in [-0.05, 0) is 29.8 Å². The number of hydrogen-bond donors (Lipinski definition) is 4. The molecular weight excluding hydrogens is 348 g/mol. The first-order valence-electron chi connectivity index (χ1n) is 8.31. The number of H-pyrrole nitrogens is 3. The summed E-state index contributed by atoms with van der Waals surface area (Å²) < 4.78 is 5.06. The highest BCUT2D eigenvalue weighted by Gasteiger charge is 2.12. The van der Waals surface area contributed by atoms with Crippen molar-refractivity contribution in [1.82, 2.24) is 15.0 Å². The van der Waals surface area contributed by atoms with Crippen LogP contribution in [0.1, 0.15) is 5.56 Å². The number of aromatic nitrogens is 3. The number of para-hydroxylation sites is 1. The van der Waals surface area contributed by atoms with Crippen molar-refractivity contribution in [3.05, 3.63) is 64.7 Å². The van der Waals surface area contributed by atoms with E-state index in [4.69, 9.17) is 4.74 Å². The molecule has 2 heterocycles. The SMILES string of the molecule is O=C(COC(=O)Cc1c[nH]c2ccccc12)Nc1ccc2[nH]c(=O)[nH]c2c1. The molecule has 4 aromatic rings. The molecule has 0 spiro atoms. The van der Waals surface area contributed by atoms with Gasteiger partial charge in [0.15, 0.2) is 6.61 Å². The molecule has 1 amide bonds. The van der Waals surface area contributed by atoms with Gasteiger partial charge in [-0.1, -0.05) is 18.2 Å². The molecule has 0 fully saturated rings. The summed E-state index contributed by atoms with van der Waals surface area (Å²) >= 11 is 0. The average molecular weight is 364 g/mol. The van der Waals surface area contributed by atoms with Crippen molar-refractivity contribution in [1.29, 1.82) is 0 Å². The molecule has 0 saturated heterocycles. The van der Waals surface area contributed by atoms with E-state index in [1.807, 2.05) is 24.3 Å². The summed E-state index contributed by atoms with van der Waals surface area (Å²) in [6.07, 6.45) is 1.84. The third-order valence-corrected chi connectivity index (χ3v) is 4.17. The normalized spacial score (nSPS) is 11.0. The van der Waals surface area contributed by atoms with Gasteiger partial charge in [0.1, 0.15) is 0 Å². The maximum Gasteiger partial charge on any atom is 0.323 e. The lowest BCUT2D eigenvalue weighted by atomic mass is 10.1. The Morgan fingerprint density at radius 1 is 1.00 bits per heavy atom. The van der Waals surface area contributed by atoms with Gasteiger partial charge >= 0.3 is 11.7 Å². The number of carbonyl (C=O) groups excluding carboxylic acids is 2. The van der Waals surface area contributed by atoms with E-state index in [9.17, 15) is 14.4 Å². The van der Waals surface area contributed by atoms with Crippen molar-refractivity contribution in [2.45, 2.75) is 6.42 Å². The van der Waals surface area contributed by atoms with E-state index in [1.54, 1.807) is 24.4 Å². The maximum absolute atomic E-state index is 12.0. The average Bonchev–Trinajstić information content (AvgIpc) is 3.22. The van der Waals surface area contributed by atoms with Crippen molar-refractivity contribution >= 4 is 39.5 Å². The lowest BCUT2D eigenvalue weighted by Crippen LogP contribution is -2.21. The highest BCUT2D eigenvalue weighted by Crippen LogP contribution is 2.18. The zero-order valence-corrected chi connectivity index (χ0v) is 14.2. The molecule has 0 unspecified atom stereocenters. The van der Waals surface area contributed by atoms with Crippen LogP contribution in [0.2, 0.25) is 0 Å². The predicted molar refractivity (Wildman–Crippen MR) is 101 cm³/mol. The summed E-state index contributed by atoms with van der Waals surface area (Å²) in [5, 5.41) is 3.58.